The normalized spacial score (nSPS) is 11.6. The van der Waals surface area contributed by atoms with Crippen LogP contribution in [0.5, 0.6) is 0 Å². The molecule has 0 aromatic heterocycles. The van der Waals surface area contributed by atoms with Gasteiger partial charge in [0, 0.05) is 13.2 Å². The minimum absolute atomic E-state index is 0. The van der Waals surface area contributed by atoms with Crippen molar-refractivity contribution in [2.75, 3.05) is 26.0 Å². The maximum atomic E-state index is 5.52. The first kappa shape index (κ1) is 16.5. The molecule has 0 heterocycles. The number of hydrogen-bond donors (Lipinski definition) is 1. The SMILES string of the molecule is CCOC(CN=C(N)SC)OCC.Cl. The topological polar surface area (TPSA) is 56.8 Å². The molecule has 0 saturated heterocycles. The molecule has 86 valence electrons. The number of nitrogens with two attached hydrogens (primary N) is 1. The van der Waals surface area contributed by atoms with Crippen molar-refractivity contribution in [2.24, 2.45) is 10.7 Å². The Morgan fingerprint density at radius 2 is 1.86 bits per heavy atom. The summed E-state index contributed by atoms with van der Waals surface area (Å²) in [5.41, 5.74) is 5.52. The van der Waals surface area contributed by atoms with Gasteiger partial charge in [0.15, 0.2) is 11.5 Å². The molecule has 0 bridgehead atoms. The molecule has 0 unspecified atom stereocenters. The van der Waals surface area contributed by atoms with Gasteiger partial charge in [0.1, 0.15) is 0 Å². The quantitative estimate of drug-likeness (QED) is 0.436. The lowest BCUT2D eigenvalue weighted by Gasteiger charge is -2.14. The first-order valence-electron chi connectivity index (χ1n) is 4.31. The summed E-state index contributed by atoms with van der Waals surface area (Å²) in [7, 11) is 0. The molecule has 0 amide bonds. The predicted molar refractivity (Wildman–Crippen MR) is 64.3 cm³/mol. The molecular formula is C8H19ClN2O2S. The van der Waals surface area contributed by atoms with Crippen LogP contribution in [0.25, 0.3) is 0 Å². The highest BCUT2D eigenvalue weighted by Crippen LogP contribution is 1.98. The van der Waals surface area contributed by atoms with E-state index in [4.69, 9.17) is 15.2 Å². The minimum atomic E-state index is -0.263. The average molecular weight is 243 g/mol. The Kier molecular flexibility index (Phi) is 13.1. The molecule has 0 atom stereocenters. The zero-order valence-corrected chi connectivity index (χ0v) is 10.5. The molecule has 14 heavy (non-hydrogen) atoms. The number of amidine groups is 1. The lowest BCUT2D eigenvalue weighted by atomic mass is 10.6. The van der Waals surface area contributed by atoms with Crippen LogP contribution in [0.2, 0.25) is 0 Å². The van der Waals surface area contributed by atoms with Crippen LogP contribution in [0, 0.1) is 0 Å². The fourth-order valence-electron chi connectivity index (χ4n) is 0.754. The smallest absolute Gasteiger partial charge is 0.176 e. The number of hydrogen-bond acceptors (Lipinski definition) is 4. The molecule has 0 radical (unpaired) electrons. The van der Waals surface area contributed by atoms with Gasteiger partial charge in [-0.3, -0.25) is 4.99 Å². The molecule has 6 heteroatoms. The van der Waals surface area contributed by atoms with Gasteiger partial charge in [0.05, 0.1) is 6.54 Å². The Labute approximate surface area is 96.0 Å². The highest BCUT2D eigenvalue weighted by molar-refractivity contribution is 8.13. The summed E-state index contributed by atoms with van der Waals surface area (Å²) in [6.45, 7) is 5.56. The van der Waals surface area contributed by atoms with Crippen molar-refractivity contribution in [2.45, 2.75) is 20.1 Å². The van der Waals surface area contributed by atoms with E-state index in [1.54, 1.807) is 0 Å². The van der Waals surface area contributed by atoms with Crippen LogP contribution in [0.15, 0.2) is 4.99 Å². The van der Waals surface area contributed by atoms with Crippen molar-refractivity contribution >= 4 is 29.3 Å². The van der Waals surface area contributed by atoms with Crippen LogP contribution in [-0.4, -0.2) is 37.5 Å². The minimum Gasteiger partial charge on any atom is -0.379 e. The fraction of sp³-hybridized carbons (Fsp3) is 0.875. The van der Waals surface area contributed by atoms with Crippen molar-refractivity contribution in [3.05, 3.63) is 0 Å². The second kappa shape index (κ2) is 11.1. The summed E-state index contributed by atoms with van der Waals surface area (Å²) in [5.74, 6) is 0. The first-order valence-corrected chi connectivity index (χ1v) is 5.54. The van der Waals surface area contributed by atoms with E-state index in [1.807, 2.05) is 20.1 Å². The lowest BCUT2D eigenvalue weighted by molar-refractivity contribution is -0.128. The van der Waals surface area contributed by atoms with E-state index in [0.717, 1.165) is 0 Å². The summed E-state index contributed by atoms with van der Waals surface area (Å²) in [6, 6.07) is 0. The van der Waals surface area contributed by atoms with Gasteiger partial charge in [-0.2, -0.15) is 0 Å². The molecule has 0 rings (SSSR count). The van der Waals surface area contributed by atoms with Crippen LogP contribution >= 0.6 is 24.2 Å². The van der Waals surface area contributed by atoms with E-state index in [-0.39, 0.29) is 18.7 Å². The van der Waals surface area contributed by atoms with Gasteiger partial charge in [-0.1, -0.05) is 11.8 Å². The van der Waals surface area contributed by atoms with E-state index >= 15 is 0 Å². The van der Waals surface area contributed by atoms with Gasteiger partial charge in [0.2, 0.25) is 0 Å². The summed E-state index contributed by atoms with van der Waals surface area (Å²) >= 11 is 1.42. The van der Waals surface area contributed by atoms with Crippen molar-refractivity contribution < 1.29 is 9.47 Å². The maximum Gasteiger partial charge on any atom is 0.176 e. The third-order valence-electron chi connectivity index (χ3n) is 1.31. The van der Waals surface area contributed by atoms with Crippen molar-refractivity contribution in [3.8, 4) is 0 Å². The lowest BCUT2D eigenvalue weighted by Crippen LogP contribution is -2.22. The Morgan fingerprint density at radius 3 is 2.21 bits per heavy atom. The van der Waals surface area contributed by atoms with Crippen molar-refractivity contribution in [1.29, 1.82) is 0 Å². The molecule has 4 nitrogen and oxygen atoms in total. The molecular weight excluding hydrogens is 224 g/mol. The standard InChI is InChI=1S/C8H18N2O2S.ClH/c1-4-11-7(12-5-2)6-10-8(9)13-3;/h7H,4-6H2,1-3H3,(H2,9,10);1H. The number of halogens is 1. The van der Waals surface area contributed by atoms with E-state index in [1.165, 1.54) is 11.8 Å². The van der Waals surface area contributed by atoms with E-state index in [9.17, 15) is 0 Å². The average Bonchev–Trinajstić information content (AvgIpc) is 2.14. The monoisotopic (exact) mass is 242 g/mol. The summed E-state index contributed by atoms with van der Waals surface area (Å²) in [5, 5.41) is 0.560. The number of thioether (sulfide) groups is 1. The fourth-order valence-corrected chi connectivity index (χ4v) is 0.958. The Balaban J connectivity index is 0. The van der Waals surface area contributed by atoms with Gasteiger partial charge in [-0.25, -0.2) is 0 Å². The number of rotatable bonds is 6. The summed E-state index contributed by atoms with van der Waals surface area (Å²) < 4.78 is 10.6. The van der Waals surface area contributed by atoms with E-state index in [2.05, 4.69) is 4.99 Å². The number of nitrogens with zero attached hydrogens (tertiary/aromatic N) is 1. The molecule has 0 saturated carbocycles. The Morgan fingerprint density at radius 1 is 1.36 bits per heavy atom. The molecule has 0 aromatic carbocycles. The number of aliphatic imine (C=N–C) groups is 1. The second-order valence-electron chi connectivity index (χ2n) is 2.22. The first-order chi connectivity index (χ1) is 6.24. The van der Waals surface area contributed by atoms with Crippen molar-refractivity contribution in [3.63, 3.8) is 0 Å². The Hall–Kier alpha value is 0.0300. The second-order valence-corrected chi connectivity index (χ2v) is 3.05. The molecule has 0 aliphatic rings. The van der Waals surface area contributed by atoms with Gasteiger partial charge >= 0.3 is 0 Å². The van der Waals surface area contributed by atoms with Crippen LogP contribution in [0.3, 0.4) is 0 Å². The molecule has 2 N–H and O–H groups in total. The third kappa shape index (κ3) is 8.62. The molecule has 0 fully saturated rings. The van der Waals surface area contributed by atoms with Crippen molar-refractivity contribution in [1.82, 2.24) is 0 Å². The van der Waals surface area contributed by atoms with Crippen LogP contribution in [0.1, 0.15) is 13.8 Å². The van der Waals surface area contributed by atoms with Gasteiger partial charge in [-0.05, 0) is 20.1 Å². The van der Waals surface area contributed by atoms with E-state index in [0.29, 0.717) is 24.9 Å². The van der Waals surface area contributed by atoms with Gasteiger partial charge in [-0.15, -0.1) is 12.4 Å². The number of ether oxygens (including phenoxy) is 2. The molecule has 0 aliphatic carbocycles. The van der Waals surface area contributed by atoms with Gasteiger partial charge < -0.3 is 15.2 Å². The Bertz CT molecular complexity index is 152. The molecule has 0 spiro atoms. The van der Waals surface area contributed by atoms with Crippen LogP contribution in [0.4, 0.5) is 0 Å². The zero-order valence-electron chi connectivity index (χ0n) is 8.86. The largest absolute Gasteiger partial charge is 0.379 e. The predicted octanol–water partition coefficient (Wildman–Crippen LogP) is 1.48. The van der Waals surface area contributed by atoms with E-state index < -0.39 is 0 Å². The van der Waals surface area contributed by atoms with Crippen LogP contribution < -0.4 is 5.73 Å². The molecule has 0 aliphatic heterocycles. The summed E-state index contributed by atoms with van der Waals surface area (Å²) in [6.07, 6.45) is 1.62. The zero-order chi connectivity index (χ0) is 10.1. The highest BCUT2D eigenvalue weighted by atomic mass is 35.5. The third-order valence-corrected chi connectivity index (χ3v) is 1.86. The maximum absolute atomic E-state index is 5.52. The summed E-state index contributed by atoms with van der Waals surface area (Å²) in [4.78, 5) is 4.09. The highest BCUT2D eigenvalue weighted by Gasteiger charge is 2.05. The van der Waals surface area contributed by atoms with Gasteiger partial charge in [0.25, 0.3) is 0 Å². The molecule has 0 aromatic rings. The van der Waals surface area contributed by atoms with Crippen LogP contribution in [-0.2, 0) is 9.47 Å².